The molecule has 0 aliphatic heterocycles. The molecule has 25 heavy (non-hydrogen) atoms. The number of thiophene rings is 1. The molecule has 0 atom stereocenters. The monoisotopic (exact) mass is 366 g/mol. The van der Waals surface area contributed by atoms with Gasteiger partial charge >= 0.3 is 0 Å². The predicted molar refractivity (Wildman–Crippen MR) is 99.6 cm³/mol. The molecule has 2 aromatic rings. The summed E-state index contributed by atoms with van der Waals surface area (Å²) in [4.78, 5) is 1.26. The Balaban J connectivity index is 1.44. The maximum absolute atomic E-state index is 5.67. The highest BCUT2D eigenvalue weighted by molar-refractivity contribution is 7.13. The first kappa shape index (κ1) is 19.9. The second-order valence-electron chi connectivity index (χ2n) is 5.18. The molecule has 5 nitrogen and oxygen atoms in total. The molecule has 1 aromatic carbocycles. The number of benzene rings is 1. The third kappa shape index (κ3) is 8.47. The van der Waals surface area contributed by atoms with Crippen LogP contribution in [0.3, 0.4) is 0 Å². The van der Waals surface area contributed by atoms with Gasteiger partial charge in [0, 0.05) is 12.0 Å². The van der Waals surface area contributed by atoms with Crippen molar-refractivity contribution in [3.05, 3.63) is 41.8 Å². The molecule has 6 heteroatoms. The summed E-state index contributed by atoms with van der Waals surface area (Å²) in [7, 11) is 1.65. The number of methoxy groups -OCH3 is 1. The van der Waals surface area contributed by atoms with Crippen molar-refractivity contribution in [2.24, 2.45) is 0 Å². The molecule has 138 valence electrons. The molecule has 0 amide bonds. The van der Waals surface area contributed by atoms with E-state index in [1.807, 2.05) is 12.1 Å². The first-order valence-electron chi connectivity index (χ1n) is 8.39. The van der Waals surface area contributed by atoms with Crippen LogP contribution in [0.15, 0.2) is 41.8 Å². The molecule has 0 aliphatic rings. The fourth-order valence-corrected chi connectivity index (χ4v) is 2.79. The van der Waals surface area contributed by atoms with E-state index in [1.165, 1.54) is 10.4 Å². The molecule has 0 fully saturated rings. The summed E-state index contributed by atoms with van der Waals surface area (Å²) in [5, 5.41) is 2.08. The van der Waals surface area contributed by atoms with Gasteiger partial charge in [-0.1, -0.05) is 6.07 Å². The van der Waals surface area contributed by atoms with Crippen LogP contribution in [0.25, 0.3) is 10.4 Å². The van der Waals surface area contributed by atoms with Crippen molar-refractivity contribution in [1.82, 2.24) is 0 Å². The highest BCUT2D eigenvalue weighted by Gasteiger charge is 1.99. The number of ether oxygens (including phenoxy) is 5. The van der Waals surface area contributed by atoms with Gasteiger partial charge in [0.15, 0.2) is 0 Å². The van der Waals surface area contributed by atoms with Gasteiger partial charge in [0.25, 0.3) is 0 Å². The van der Waals surface area contributed by atoms with Gasteiger partial charge in [-0.15, -0.1) is 11.3 Å². The summed E-state index contributed by atoms with van der Waals surface area (Å²) in [5.41, 5.74) is 1.21. The molecule has 0 saturated heterocycles. The molecule has 1 heterocycles. The van der Waals surface area contributed by atoms with Gasteiger partial charge in [-0.05, 0) is 41.3 Å². The number of hydrogen-bond acceptors (Lipinski definition) is 6. The smallest absolute Gasteiger partial charge is 0.119 e. The van der Waals surface area contributed by atoms with Gasteiger partial charge in [0.1, 0.15) is 12.4 Å². The highest BCUT2D eigenvalue weighted by Crippen LogP contribution is 2.26. The molecule has 2 rings (SSSR count). The van der Waals surface area contributed by atoms with Crippen LogP contribution in [-0.4, -0.2) is 60.0 Å². The topological polar surface area (TPSA) is 46.2 Å². The van der Waals surface area contributed by atoms with Gasteiger partial charge in [0.05, 0.1) is 46.2 Å². The van der Waals surface area contributed by atoms with E-state index in [4.69, 9.17) is 23.7 Å². The summed E-state index contributed by atoms with van der Waals surface area (Å²) < 4.78 is 26.7. The van der Waals surface area contributed by atoms with Crippen LogP contribution in [0.1, 0.15) is 0 Å². The zero-order valence-electron chi connectivity index (χ0n) is 14.6. The van der Waals surface area contributed by atoms with Gasteiger partial charge in [-0.3, -0.25) is 0 Å². The zero-order chi connectivity index (χ0) is 17.6. The molecule has 0 bridgehead atoms. The average molecular weight is 366 g/mol. The van der Waals surface area contributed by atoms with E-state index >= 15 is 0 Å². The summed E-state index contributed by atoms with van der Waals surface area (Å²) >= 11 is 1.73. The minimum absolute atomic E-state index is 0.526. The normalized spacial score (nSPS) is 10.9. The molecule has 1 aromatic heterocycles. The molecule has 0 saturated carbocycles. The molecular formula is C19H26O5S. The van der Waals surface area contributed by atoms with Gasteiger partial charge < -0.3 is 23.7 Å². The van der Waals surface area contributed by atoms with Crippen LogP contribution in [0, 0.1) is 0 Å². The Morgan fingerprint density at radius 2 is 1.32 bits per heavy atom. The molecule has 0 radical (unpaired) electrons. The Morgan fingerprint density at radius 1 is 0.720 bits per heavy atom. The van der Waals surface area contributed by atoms with Gasteiger partial charge in [-0.25, -0.2) is 0 Å². The van der Waals surface area contributed by atoms with Crippen LogP contribution in [0.2, 0.25) is 0 Å². The van der Waals surface area contributed by atoms with Crippen LogP contribution in [0.4, 0.5) is 0 Å². The minimum Gasteiger partial charge on any atom is -0.491 e. The Hall–Kier alpha value is -1.44. The Bertz CT molecular complexity index is 541. The third-order valence-electron chi connectivity index (χ3n) is 3.33. The van der Waals surface area contributed by atoms with E-state index < -0.39 is 0 Å². The van der Waals surface area contributed by atoms with Crippen molar-refractivity contribution in [1.29, 1.82) is 0 Å². The van der Waals surface area contributed by atoms with Crippen molar-refractivity contribution < 1.29 is 23.7 Å². The summed E-state index contributed by atoms with van der Waals surface area (Å²) in [5.74, 6) is 0.855. The maximum atomic E-state index is 5.67. The van der Waals surface area contributed by atoms with E-state index in [0.29, 0.717) is 52.9 Å². The number of rotatable bonds is 14. The quantitative estimate of drug-likeness (QED) is 0.479. The second kappa shape index (κ2) is 12.9. The van der Waals surface area contributed by atoms with Gasteiger partial charge in [-0.2, -0.15) is 0 Å². The Morgan fingerprint density at radius 3 is 1.88 bits per heavy atom. The molecule has 0 spiro atoms. The fourth-order valence-electron chi connectivity index (χ4n) is 2.06. The Labute approximate surface area is 153 Å². The first-order chi connectivity index (χ1) is 12.4. The van der Waals surface area contributed by atoms with E-state index in [-0.39, 0.29) is 0 Å². The van der Waals surface area contributed by atoms with E-state index in [2.05, 4.69) is 29.6 Å². The molecule has 0 N–H and O–H groups in total. The lowest BCUT2D eigenvalue weighted by Gasteiger charge is -2.08. The van der Waals surface area contributed by atoms with Crippen molar-refractivity contribution in [2.45, 2.75) is 0 Å². The van der Waals surface area contributed by atoms with Crippen LogP contribution in [0.5, 0.6) is 5.75 Å². The number of hydrogen-bond donors (Lipinski definition) is 0. The van der Waals surface area contributed by atoms with E-state index in [1.54, 1.807) is 18.4 Å². The second-order valence-corrected chi connectivity index (χ2v) is 6.13. The van der Waals surface area contributed by atoms with Crippen molar-refractivity contribution in [2.75, 3.05) is 60.0 Å². The lowest BCUT2D eigenvalue weighted by molar-refractivity contribution is 0.000164. The van der Waals surface area contributed by atoms with Crippen LogP contribution in [-0.2, 0) is 18.9 Å². The maximum Gasteiger partial charge on any atom is 0.119 e. The van der Waals surface area contributed by atoms with Crippen molar-refractivity contribution in [3.63, 3.8) is 0 Å². The SMILES string of the molecule is COCCOCCOCCOCCOc1ccc(-c2cccs2)cc1. The Kier molecular flexibility index (Phi) is 10.2. The lowest BCUT2D eigenvalue weighted by Crippen LogP contribution is -2.13. The van der Waals surface area contributed by atoms with Crippen molar-refractivity contribution in [3.8, 4) is 16.2 Å². The van der Waals surface area contributed by atoms with E-state index in [9.17, 15) is 0 Å². The zero-order valence-corrected chi connectivity index (χ0v) is 15.5. The summed E-state index contributed by atoms with van der Waals surface area (Å²) in [6.07, 6.45) is 0. The van der Waals surface area contributed by atoms with Crippen LogP contribution < -0.4 is 4.74 Å². The largest absolute Gasteiger partial charge is 0.491 e. The van der Waals surface area contributed by atoms with Crippen molar-refractivity contribution >= 4 is 11.3 Å². The van der Waals surface area contributed by atoms with E-state index in [0.717, 1.165) is 5.75 Å². The third-order valence-corrected chi connectivity index (χ3v) is 4.25. The first-order valence-corrected chi connectivity index (χ1v) is 9.27. The predicted octanol–water partition coefficient (Wildman–Crippen LogP) is 3.49. The van der Waals surface area contributed by atoms with Crippen LogP contribution >= 0.6 is 11.3 Å². The standard InChI is InChI=1S/C19H26O5S/c1-20-8-9-21-10-11-22-12-13-23-14-15-24-18-6-4-17(5-7-18)19-3-2-16-25-19/h2-7,16H,8-15H2,1H3. The minimum atomic E-state index is 0.526. The molecule has 0 unspecified atom stereocenters. The molecular weight excluding hydrogens is 340 g/mol. The molecule has 0 aliphatic carbocycles. The summed E-state index contributed by atoms with van der Waals surface area (Å²) in [6, 6.07) is 12.3. The lowest BCUT2D eigenvalue weighted by atomic mass is 10.2. The summed E-state index contributed by atoms with van der Waals surface area (Å²) in [6.45, 7) is 4.54. The van der Waals surface area contributed by atoms with Gasteiger partial charge in [0.2, 0.25) is 0 Å². The highest BCUT2D eigenvalue weighted by atomic mass is 32.1. The average Bonchev–Trinajstić information content (AvgIpc) is 3.18. The fraction of sp³-hybridized carbons (Fsp3) is 0.474.